The average molecular weight is 227 g/mol. The lowest BCUT2D eigenvalue weighted by Crippen LogP contribution is -2.41. The molecule has 15 heavy (non-hydrogen) atoms. The molecule has 0 bridgehead atoms. The number of carbonyl (C=O) groups excluding carboxylic acids is 1. The lowest BCUT2D eigenvalue weighted by Gasteiger charge is -2.24. The van der Waals surface area contributed by atoms with Crippen molar-refractivity contribution in [1.29, 1.82) is 0 Å². The largest absolute Gasteiger partial charge is 0.480 e. The van der Waals surface area contributed by atoms with Gasteiger partial charge < -0.3 is 10.0 Å². The van der Waals surface area contributed by atoms with Crippen molar-refractivity contribution in [2.45, 2.75) is 26.4 Å². The summed E-state index contributed by atoms with van der Waals surface area (Å²) in [5.74, 6) is -1.21. The summed E-state index contributed by atoms with van der Waals surface area (Å²) in [5.41, 5.74) is 0. The first-order valence-corrected chi connectivity index (χ1v) is 5.42. The fraction of sp³-hybridized carbons (Fsp3) is 0.400. The van der Waals surface area contributed by atoms with Crippen molar-refractivity contribution in [3.63, 3.8) is 0 Å². The molecule has 0 radical (unpaired) electrons. The fourth-order valence-electron chi connectivity index (χ4n) is 1.22. The summed E-state index contributed by atoms with van der Waals surface area (Å²) < 4.78 is 0. The van der Waals surface area contributed by atoms with E-state index in [1.165, 1.54) is 30.1 Å². The van der Waals surface area contributed by atoms with E-state index < -0.39 is 12.0 Å². The van der Waals surface area contributed by atoms with Crippen LogP contribution in [-0.2, 0) is 16.1 Å². The van der Waals surface area contributed by atoms with Crippen molar-refractivity contribution in [2.24, 2.45) is 0 Å². The van der Waals surface area contributed by atoms with Crippen LogP contribution in [0.1, 0.15) is 18.7 Å². The van der Waals surface area contributed by atoms with E-state index in [1.807, 2.05) is 17.5 Å². The molecule has 5 heteroatoms. The lowest BCUT2D eigenvalue weighted by atomic mass is 10.2. The first-order chi connectivity index (χ1) is 7.02. The summed E-state index contributed by atoms with van der Waals surface area (Å²) in [6.07, 6.45) is 0. The highest BCUT2D eigenvalue weighted by Gasteiger charge is 2.23. The van der Waals surface area contributed by atoms with Crippen molar-refractivity contribution in [3.05, 3.63) is 22.4 Å². The molecular formula is C10H13NO3S. The number of carbonyl (C=O) groups is 2. The molecule has 0 aliphatic carbocycles. The second kappa shape index (κ2) is 4.93. The molecule has 1 heterocycles. The van der Waals surface area contributed by atoms with Crippen LogP contribution >= 0.6 is 11.3 Å². The number of nitrogens with zero attached hydrogens (tertiary/aromatic N) is 1. The highest BCUT2D eigenvalue weighted by Crippen LogP contribution is 2.14. The van der Waals surface area contributed by atoms with Crippen LogP contribution in [0.2, 0.25) is 0 Å². The van der Waals surface area contributed by atoms with Gasteiger partial charge in [-0.05, 0) is 18.4 Å². The molecule has 0 fully saturated rings. The van der Waals surface area contributed by atoms with Crippen molar-refractivity contribution in [3.8, 4) is 0 Å². The summed E-state index contributed by atoms with van der Waals surface area (Å²) in [4.78, 5) is 24.4. The maximum atomic E-state index is 11.3. The third-order valence-corrected chi connectivity index (χ3v) is 3.00. The summed E-state index contributed by atoms with van der Waals surface area (Å²) in [5, 5.41) is 10.7. The number of hydrogen-bond acceptors (Lipinski definition) is 3. The van der Waals surface area contributed by atoms with Gasteiger partial charge in [-0.2, -0.15) is 0 Å². The van der Waals surface area contributed by atoms with E-state index in [2.05, 4.69) is 0 Å². The van der Waals surface area contributed by atoms with Crippen LogP contribution in [-0.4, -0.2) is 27.9 Å². The second-order valence-electron chi connectivity index (χ2n) is 3.24. The Bertz CT molecular complexity index is 348. The van der Waals surface area contributed by atoms with Crippen LogP contribution in [0.4, 0.5) is 0 Å². The monoisotopic (exact) mass is 227 g/mol. The predicted octanol–water partition coefficient (Wildman–Crippen LogP) is 1.57. The van der Waals surface area contributed by atoms with Crippen molar-refractivity contribution < 1.29 is 14.7 Å². The van der Waals surface area contributed by atoms with Gasteiger partial charge in [0.1, 0.15) is 6.04 Å². The zero-order valence-electron chi connectivity index (χ0n) is 8.64. The normalized spacial score (nSPS) is 12.1. The lowest BCUT2D eigenvalue weighted by molar-refractivity contribution is -0.149. The van der Waals surface area contributed by atoms with Gasteiger partial charge in [0.2, 0.25) is 5.91 Å². The van der Waals surface area contributed by atoms with E-state index in [1.54, 1.807) is 0 Å². The van der Waals surface area contributed by atoms with Crippen LogP contribution in [0, 0.1) is 0 Å². The van der Waals surface area contributed by atoms with E-state index in [0.29, 0.717) is 6.54 Å². The van der Waals surface area contributed by atoms with Gasteiger partial charge in [-0.15, -0.1) is 11.3 Å². The molecule has 1 atom stereocenters. The van der Waals surface area contributed by atoms with Crippen LogP contribution in [0.5, 0.6) is 0 Å². The summed E-state index contributed by atoms with van der Waals surface area (Å²) >= 11 is 1.51. The molecule has 4 nitrogen and oxygen atoms in total. The highest BCUT2D eigenvalue weighted by atomic mass is 32.1. The first kappa shape index (κ1) is 11.7. The third kappa shape index (κ3) is 3.06. The third-order valence-electron chi connectivity index (χ3n) is 2.14. The fourth-order valence-corrected chi connectivity index (χ4v) is 1.93. The Hall–Kier alpha value is -1.36. The van der Waals surface area contributed by atoms with Gasteiger partial charge in [-0.3, -0.25) is 4.79 Å². The number of thiophene rings is 1. The molecule has 1 rings (SSSR count). The number of carboxylic acid groups (broad SMARTS) is 1. The van der Waals surface area contributed by atoms with E-state index in [0.717, 1.165) is 4.88 Å². The Labute approximate surface area is 92.1 Å². The summed E-state index contributed by atoms with van der Waals surface area (Å²) in [6, 6.07) is 2.98. The molecule has 0 saturated carbocycles. The Morgan fingerprint density at radius 3 is 2.67 bits per heavy atom. The van der Waals surface area contributed by atoms with Gasteiger partial charge in [0, 0.05) is 11.8 Å². The summed E-state index contributed by atoms with van der Waals surface area (Å²) in [6.45, 7) is 3.25. The topological polar surface area (TPSA) is 57.6 Å². The zero-order chi connectivity index (χ0) is 11.4. The SMILES string of the molecule is CC(=O)N(Cc1cccs1)C(C)C(=O)O. The van der Waals surface area contributed by atoms with Gasteiger partial charge >= 0.3 is 5.97 Å². The molecule has 0 aromatic carbocycles. The number of hydrogen-bond donors (Lipinski definition) is 1. The molecule has 1 N–H and O–H groups in total. The minimum atomic E-state index is -0.984. The number of aliphatic carboxylic acids is 1. The molecular weight excluding hydrogens is 214 g/mol. The highest BCUT2D eigenvalue weighted by molar-refractivity contribution is 7.09. The Morgan fingerprint density at radius 1 is 1.60 bits per heavy atom. The number of amides is 1. The standard InChI is InChI=1S/C10H13NO3S/c1-7(10(13)14)11(8(2)12)6-9-4-3-5-15-9/h3-5,7H,6H2,1-2H3,(H,13,14). The Kier molecular flexibility index (Phi) is 3.85. The van der Waals surface area contributed by atoms with Gasteiger partial charge in [-0.1, -0.05) is 6.07 Å². The Morgan fingerprint density at radius 2 is 2.27 bits per heavy atom. The van der Waals surface area contributed by atoms with Gasteiger partial charge in [0.05, 0.1) is 6.54 Å². The number of carboxylic acids is 1. The van der Waals surface area contributed by atoms with Gasteiger partial charge in [0.15, 0.2) is 0 Å². The zero-order valence-corrected chi connectivity index (χ0v) is 9.45. The first-order valence-electron chi connectivity index (χ1n) is 4.54. The molecule has 0 aliphatic rings. The average Bonchev–Trinajstić information content (AvgIpc) is 2.64. The molecule has 1 aromatic heterocycles. The van der Waals surface area contributed by atoms with Crippen LogP contribution < -0.4 is 0 Å². The van der Waals surface area contributed by atoms with Gasteiger partial charge in [-0.25, -0.2) is 4.79 Å². The van der Waals surface area contributed by atoms with E-state index in [-0.39, 0.29) is 5.91 Å². The number of rotatable bonds is 4. The van der Waals surface area contributed by atoms with Crippen molar-refractivity contribution in [1.82, 2.24) is 4.90 Å². The molecule has 82 valence electrons. The molecule has 1 amide bonds. The van der Waals surface area contributed by atoms with Crippen LogP contribution in [0.3, 0.4) is 0 Å². The predicted molar refractivity (Wildman–Crippen MR) is 57.6 cm³/mol. The molecule has 0 spiro atoms. The maximum absolute atomic E-state index is 11.3. The quantitative estimate of drug-likeness (QED) is 0.849. The van der Waals surface area contributed by atoms with E-state index in [4.69, 9.17) is 5.11 Å². The van der Waals surface area contributed by atoms with Crippen LogP contribution in [0.25, 0.3) is 0 Å². The minimum absolute atomic E-state index is 0.224. The Balaban J connectivity index is 2.75. The molecule has 1 unspecified atom stereocenters. The smallest absolute Gasteiger partial charge is 0.326 e. The van der Waals surface area contributed by atoms with Crippen LogP contribution in [0.15, 0.2) is 17.5 Å². The minimum Gasteiger partial charge on any atom is -0.480 e. The van der Waals surface area contributed by atoms with Gasteiger partial charge in [0.25, 0.3) is 0 Å². The van der Waals surface area contributed by atoms with Crippen molar-refractivity contribution >= 4 is 23.2 Å². The van der Waals surface area contributed by atoms with E-state index >= 15 is 0 Å². The molecule has 0 saturated heterocycles. The van der Waals surface area contributed by atoms with Crippen molar-refractivity contribution in [2.75, 3.05) is 0 Å². The second-order valence-corrected chi connectivity index (χ2v) is 4.27. The van der Waals surface area contributed by atoms with E-state index in [9.17, 15) is 9.59 Å². The molecule has 1 aromatic rings. The summed E-state index contributed by atoms with van der Waals surface area (Å²) in [7, 11) is 0. The molecule has 0 aliphatic heterocycles. The maximum Gasteiger partial charge on any atom is 0.326 e.